The molecule has 2 saturated carbocycles. The summed E-state index contributed by atoms with van der Waals surface area (Å²) < 4.78 is 5.58. The van der Waals surface area contributed by atoms with Crippen molar-refractivity contribution < 1.29 is 4.74 Å². The first kappa shape index (κ1) is 15.8. The number of nitrogens with zero attached hydrogens (tertiary/aromatic N) is 1. The fraction of sp³-hybridized carbons (Fsp3) is 1.00. The summed E-state index contributed by atoms with van der Waals surface area (Å²) in [4.78, 5) is 2.71. The standard InChI is InChI=1S/C18H34N2O/c1-14-11-15(2)13-16(12-14)17(19)18(5-3-4-6-18)20-7-9-21-10-8-20/h14-17H,3-13,19H2,1-2H3. The first-order chi connectivity index (χ1) is 10.1. The molecule has 0 amide bonds. The summed E-state index contributed by atoms with van der Waals surface area (Å²) in [6.07, 6.45) is 9.44. The Kier molecular flexibility index (Phi) is 4.92. The Morgan fingerprint density at radius 1 is 1.00 bits per heavy atom. The molecule has 122 valence electrons. The Balaban J connectivity index is 1.76. The van der Waals surface area contributed by atoms with Crippen molar-refractivity contribution in [3.63, 3.8) is 0 Å². The minimum Gasteiger partial charge on any atom is -0.379 e. The smallest absolute Gasteiger partial charge is 0.0594 e. The van der Waals surface area contributed by atoms with E-state index in [2.05, 4.69) is 18.7 Å². The van der Waals surface area contributed by atoms with Gasteiger partial charge in [-0.3, -0.25) is 4.90 Å². The fourth-order valence-corrected chi connectivity index (χ4v) is 5.60. The number of rotatable bonds is 3. The Labute approximate surface area is 130 Å². The summed E-state index contributed by atoms with van der Waals surface area (Å²) in [6, 6.07) is 0.364. The second-order valence-electron chi connectivity index (χ2n) is 8.11. The lowest BCUT2D eigenvalue weighted by molar-refractivity contribution is -0.0436. The minimum atomic E-state index is 0.283. The Morgan fingerprint density at radius 2 is 1.57 bits per heavy atom. The average molecular weight is 294 g/mol. The third-order valence-electron chi connectivity index (χ3n) is 6.45. The van der Waals surface area contributed by atoms with Crippen molar-refractivity contribution in [1.29, 1.82) is 0 Å². The highest BCUT2D eigenvalue weighted by molar-refractivity contribution is 5.06. The van der Waals surface area contributed by atoms with Gasteiger partial charge in [-0.1, -0.05) is 26.7 Å². The lowest BCUT2D eigenvalue weighted by atomic mass is 9.68. The maximum atomic E-state index is 6.96. The number of hydrogen-bond donors (Lipinski definition) is 1. The number of morpholine rings is 1. The molecule has 0 aromatic heterocycles. The zero-order valence-corrected chi connectivity index (χ0v) is 14.0. The predicted octanol–water partition coefficient (Wildman–Crippen LogP) is 3.03. The van der Waals surface area contributed by atoms with Crippen LogP contribution in [0.4, 0.5) is 0 Å². The van der Waals surface area contributed by atoms with Gasteiger partial charge < -0.3 is 10.5 Å². The van der Waals surface area contributed by atoms with Crippen LogP contribution in [0.15, 0.2) is 0 Å². The zero-order chi connectivity index (χ0) is 14.9. The quantitative estimate of drug-likeness (QED) is 0.869. The van der Waals surface area contributed by atoms with E-state index in [1.54, 1.807) is 0 Å². The van der Waals surface area contributed by atoms with Crippen molar-refractivity contribution in [1.82, 2.24) is 4.90 Å². The van der Waals surface area contributed by atoms with Crippen LogP contribution in [0.1, 0.15) is 58.8 Å². The van der Waals surface area contributed by atoms with Gasteiger partial charge in [0.1, 0.15) is 0 Å². The third-order valence-corrected chi connectivity index (χ3v) is 6.45. The first-order valence-corrected chi connectivity index (χ1v) is 9.20. The van der Waals surface area contributed by atoms with E-state index in [1.165, 1.54) is 44.9 Å². The van der Waals surface area contributed by atoms with E-state index in [0.29, 0.717) is 6.04 Å². The Hall–Kier alpha value is -0.120. The number of hydrogen-bond acceptors (Lipinski definition) is 3. The molecule has 1 saturated heterocycles. The molecule has 2 N–H and O–H groups in total. The summed E-state index contributed by atoms with van der Waals surface area (Å²) in [5, 5.41) is 0. The molecule has 3 unspecified atom stereocenters. The predicted molar refractivity (Wildman–Crippen MR) is 87.2 cm³/mol. The molecule has 0 radical (unpaired) electrons. The second kappa shape index (κ2) is 6.55. The van der Waals surface area contributed by atoms with E-state index < -0.39 is 0 Å². The molecule has 3 heteroatoms. The van der Waals surface area contributed by atoms with Gasteiger partial charge >= 0.3 is 0 Å². The summed E-state index contributed by atoms with van der Waals surface area (Å²) in [5.74, 6) is 2.44. The monoisotopic (exact) mass is 294 g/mol. The molecular formula is C18H34N2O. The number of nitrogens with two attached hydrogens (primary N) is 1. The lowest BCUT2D eigenvalue weighted by Crippen LogP contribution is -2.63. The molecule has 0 bridgehead atoms. The molecule has 3 rings (SSSR count). The zero-order valence-electron chi connectivity index (χ0n) is 14.0. The summed E-state index contributed by atoms with van der Waals surface area (Å²) in [7, 11) is 0. The number of ether oxygens (including phenoxy) is 1. The van der Waals surface area contributed by atoms with Crippen molar-refractivity contribution in [2.24, 2.45) is 23.5 Å². The molecule has 3 aliphatic rings. The molecular weight excluding hydrogens is 260 g/mol. The van der Waals surface area contributed by atoms with Crippen molar-refractivity contribution in [2.45, 2.75) is 70.4 Å². The van der Waals surface area contributed by atoms with Gasteiger partial charge in [0, 0.05) is 24.7 Å². The molecule has 3 nitrogen and oxygen atoms in total. The SMILES string of the molecule is CC1CC(C)CC(C(N)C2(N3CCOCC3)CCCC2)C1. The van der Waals surface area contributed by atoms with Gasteiger partial charge in [-0.05, 0) is 49.9 Å². The van der Waals surface area contributed by atoms with Crippen molar-refractivity contribution in [2.75, 3.05) is 26.3 Å². The van der Waals surface area contributed by atoms with Crippen LogP contribution in [0, 0.1) is 17.8 Å². The Bertz CT molecular complexity index is 324. The van der Waals surface area contributed by atoms with Gasteiger partial charge in [-0.2, -0.15) is 0 Å². The van der Waals surface area contributed by atoms with Gasteiger partial charge in [0.05, 0.1) is 13.2 Å². The average Bonchev–Trinajstić information content (AvgIpc) is 2.97. The van der Waals surface area contributed by atoms with E-state index >= 15 is 0 Å². The molecule has 1 aliphatic heterocycles. The van der Waals surface area contributed by atoms with Crippen LogP contribution in [0.3, 0.4) is 0 Å². The lowest BCUT2D eigenvalue weighted by Gasteiger charge is -2.51. The van der Waals surface area contributed by atoms with Gasteiger partial charge in [0.25, 0.3) is 0 Å². The molecule has 3 fully saturated rings. The molecule has 21 heavy (non-hydrogen) atoms. The summed E-state index contributed by atoms with van der Waals surface area (Å²) in [6.45, 7) is 8.81. The van der Waals surface area contributed by atoms with Crippen molar-refractivity contribution in [3.05, 3.63) is 0 Å². The van der Waals surface area contributed by atoms with Gasteiger partial charge in [-0.25, -0.2) is 0 Å². The second-order valence-corrected chi connectivity index (χ2v) is 8.11. The van der Waals surface area contributed by atoms with Gasteiger partial charge in [0.15, 0.2) is 0 Å². The highest BCUT2D eigenvalue weighted by Gasteiger charge is 2.48. The maximum absolute atomic E-state index is 6.96. The highest BCUT2D eigenvalue weighted by atomic mass is 16.5. The van der Waals surface area contributed by atoms with E-state index in [1.807, 2.05) is 0 Å². The van der Waals surface area contributed by atoms with Crippen molar-refractivity contribution in [3.8, 4) is 0 Å². The van der Waals surface area contributed by atoms with Crippen LogP contribution in [0.25, 0.3) is 0 Å². The fourth-order valence-electron chi connectivity index (χ4n) is 5.60. The molecule has 2 aliphatic carbocycles. The largest absolute Gasteiger partial charge is 0.379 e. The highest BCUT2D eigenvalue weighted by Crippen LogP contribution is 2.44. The van der Waals surface area contributed by atoms with Crippen LogP contribution in [0.5, 0.6) is 0 Å². The maximum Gasteiger partial charge on any atom is 0.0594 e. The normalized spacial score (nSPS) is 39.3. The van der Waals surface area contributed by atoms with E-state index in [4.69, 9.17) is 10.5 Å². The Morgan fingerprint density at radius 3 is 2.14 bits per heavy atom. The van der Waals surface area contributed by atoms with Crippen molar-refractivity contribution >= 4 is 0 Å². The van der Waals surface area contributed by atoms with Crippen LogP contribution in [0.2, 0.25) is 0 Å². The van der Waals surface area contributed by atoms with Crippen LogP contribution < -0.4 is 5.73 Å². The summed E-state index contributed by atoms with van der Waals surface area (Å²) >= 11 is 0. The van der Waals surface area contributed by atoms with Crippen LogP contribution in [-0.2, 0) is 4.74 Å². The van der Waals surface area contributed by atoms with Crippen LogP contribution in [-0.4, -0.2) is 42.8 Å². The molecule has 0 aromatic carbocycles. The van der Waals surface area contributed by atoms with Crippen LogP contribution >= 0.6 is 0 Å². The molecule has 3 atom stereocenters. The molecule has 0 aromatic rings. The third kappa shape index (κ3) is 3.16. The van der Waals surface area contributed by atoms with Gasteiger partial charge in [-0.15, -0.1) is 0 Å². The topological polar surface area (TPSA) is 38.5 Å². The van der Waals surface area contributed by atoms with E-state index in [9.17, 15) is 0 Å². The minimum absolute atomic E-state index is 0.283. The van der Waals surface area contributed by atoms with E-state index in [0.717, 1.165) is 44.1 Å². The molecule has 0 spiro atoms. The summed E-state index contributed by atoms with van der Waals surface area (Å²) in [5.41, 5.74) is 7.24. The van der Waals surface area contributed by atoms with Gasteiger partial charge in [0.2, 0.25) is 0 Å². The first-order valence-electron chi connectivity index (χ1n) is 9.20. The molecule has 1 heterocycles. The van der Waals surface area contributed by atoms with E-state index in [-0.39, 0.29) is 5.54 Å².